The average molecular weight is 363 g/mol. The molecule has 0 fully saturated rings. The van der Waals surface area contributed by atoms with Crippen LogP contribution in [0.15, 0.2) is 58.1 Å². The van der Waals surface area contributed by atoms with Crippen LogP contribution < -0.4 is 10.2 Å². The monoisotopic (exact) mass is 362 g/mol. The van der Waals surface area contributed by atoms with E-state index in [2.05, 4.69) is 26.5 Å². The van der Waals surface area contributed by atoms with Crippen molar-refractivity contribution in [1.82, 2.24) is 5.43 Å². The van der Waals surface area contributed by atoms with Crippen molar-refractivity contribution < 1.29 is 14.6 Å². The second kappa shape index (κ2) is 7.61. The third-order valence-electron chi connectivity index (χ3n) is 2.81. The Hall–Kier alpha value is -2.34. The van der Waals surface area contributed by atoms with Crippen molar-refractivity contribution in [1.29, 1.82) is 0 Å². The molecular weight excluding hydrogens is 348 g/mol. The lowest BCUT2D eigenvalue weighted by Gasteiger charge is -2.12. The molecule has 2 rings (SSSR count). The molecule has 2 N–H and O–H groups in total. The summed E-state index contributed by atoms with van der Waals surface area (Å²) in [5.74, 6) is 0.310. The number of para-hydroxylation sites is 1. The highest BCUT2D eigenvalue weighted by Crippen LogP contribution is 2.17. The summed E-state index contributed by atoms with van der Waals surface area (Å²) >= 11 is 3.33. The smallest absolute Gasteiger partial charge is 0.280 e. The molecule has 5 nitrogen and oxygen atoms in total. The van der Waals surface area contributed by atoms with Gasteiger partial charge in [-0.05, 0) is 43.3 Å². The van der Waals surface area contributed by atoms with E-state index in [9.17, 15) is 9.90 Å². The zero-order valence-electron chi connectivity index (χ0n) is 11.9. The number of carbonyl (C=O) groups is 1. The second-order valence-corrected chi connectivity index (χ2v) is 5.42. The molecule has 6 heteroatoms. The molecule has 0 aliphatic rings. The molecule has 1 atom stereocenters. The maximum atomic E-state index is 11.9. The Labute approximate surface area is 136 Å². The van der Waals surface area contributed by atoms with E-state index in [1.165, 1.54) is 6.21 Å². The number of rotatable bonds is 5. The Morgan fingerprint density at radius 1 is 1.27 bits per heavy atom. The predicted octanol–water partition coefficient (Wildman–Crippen LogP) is 3.07. The summed E-state index contributed by atoms with van der Waals surface area (Å²) < 4.78 is 6.44. The first-order chi connectivity index (χ1) is 10.6. The molecule has 0 aromatic heterocycles. The molecule has 0 heterocycles. The number of nitrogens with zero attached hydrogens (tertiary/aromatic N) is 1. The van der Waals surface area contributed by atoms with Crippen molar-refractivity contribution in [3.8, 4) is 11.5 Å². The van der Waals surface area contributed by atoms with E-state index >= 15 is 0 Å². The van der Waals surface area contributed by atoms with Crippen LogP contribution in [0, 0.1) is 0 Å². The van der Waals surface area contributed by atoms with Crippen molar-refractivity contribution in [2.45, 2.75) is 13.0 Å². The fourth-order valence-corrected chi connectivity index (χ4v) is 1.89. The van der Waals surface area contributed by atoms with E-state index in [4.69, 9.17) is 4.74 Å². The Morgan fingerprint density at radius 2 is 1.95 bits per heavy atom. The van der Waals surface area contributed by atoms with E-state index in [0.29, 0.717) is 11.3 Å². The van der Waals surface area contributed by atoms with E-state index in [1.807, 2.05) is 12.1 Å². The van der Waals surface area contributed by atoms with Crippen LogP contribution in [-0.4, -0.2) is 23.3 Å². The highest BCUT2D eigenvalue weighted by atomic mass is 79.9. The van der Waals surface area contributed by atoms with Gasteiger partial charge in [-0.3, -0.25) is 4.79 Å². The van der Waals surface area contributed by atoms with Gasteiger partial charge in [0.1, 0.15) is 11.5 Å². The molecule has 22 heavy (non-hydrogen) atoms. The first-order valence-corrected chi connectivity index (χ1v) is 7.38. The van der Waals surface area contributed by atoms with Gasteiger partial charge in [-0.25, -0.2) is 5.43 Å². The minimum absolute atomic E-state index is 0.0969. The fourth-order valence-electron chi connectivity index (χ4n) is 1.62. The van der Waals surface area contributed by atoms with Crippen molar-refractivity contribution in [3.63, 3.8) is 0 Å². The highest BCUT2D eigenvalue weighted by molar-refractivity contribution is 9.10. The minimum Gasteiger partial charge on any atom is -0.507 e. The van der Waals surface area contributed by atoms with Gasteiger partial charge in [-0.2, -0.15) is 5.10 Å². The molecule has 0 aliphatic heterocycles. The SMILES string of the molecule is C[C@H](Oc1ccc(Br)cc1)C(=O)N/N=C/c1ccccc1O. The zero-order valence-corrected chi connectivity index (χ0v) is 13.4. The summed E-state index contributed by atoms with van der Waals surface area (Å²) in [5.41, 5.74) is 2.89. The van der Waals surface area contributed by atoms with Gasteiger partial charge in [0.15, 0.2) is 6.10 Å². The van der Waals surface area contributed by atoms with Crippen LogP contribution in [0.25, 0.3) is 0 Å². The predicted molar refractivity (Wildman–Crippen MR) is 88.1 cm³/mol. The van der Waals surface area contributed by atoms with Crippen LogP contribution in [0.1, 0.15) is 12.5 Å². The Morgan fingerprint density at radius 3 is 2.64 bits per heavy atom. The summed E-state index contributed by atoms with van der Waals surface area (Å²) in [7, 11) is 0. The molecule has 0 bridgehead atoms. The topological polar surface area (TPSA) is 70.9 Å². The minimum atomic E-state index is -0.692. The second-order valence-electron chi connectivity index (χ2n) is 4.51. The van der Waals surface area contributed by atoms with Gasteiger partial charge in [0, 0.05) is 10.0 Å². The molecule has 2 aromatic carbocycles. The molecule has 0 unspecified atom stereocenters. The number of benzene rings is 2. The lowest BCUT2D eigenvalue weighted by molar-refractivity contribution is -0.127. The number of phenols is 1. The van der Waals surface area contributed by atoms with E-state index in [-0.39, 0.29) is 11.7 Å². The summed E-state index contributed by atoms with van der Waals surface area (Å²) in [6, 6.07) is 13.9. The highest BCUT2D eigenvalue weighted by Gasteiger charge is 2.13. The van der Waals surface area contributed by atoms with E-state index in [1.54, 1.807) is 43.3 Å². The molecule has 0 aliphatic carbocycles. The molecule has 2 aromatic rings. The maximum absolute atomic E-state index is 11.9. The van der Waals surface area contributed by atoms with Crippen molar-refractivity contribution >= 4 is 28.1 Å². The van der Waals surface area contributed by atoms with Crippen molar-refractivity contribution in [2.75, 3.05) is 0 Å². The molecular formula is C16H15BrN2O3. The molecule has 0 saturated heterocycles. The standard InChI is InChI=1S/C16H15BrN2O3/c1-11(22-14-8-6-13(17)7-9-14)16(21)19-18-10-12-4-2-3-5-15(12)20/h2-11,20H,1H3,(H,19,21)/b18-10+/t11-/m0/s1. The average Bonchev–Trinajstić information content (AvgIpc) is 2.51. The van der Waals surface area contributed by atoms with Gasteiger partial charge in [0.05, 0.1) is 6.21 Å². The largest absolute Gasteiger partial charge is 0.507 e. The van der Waals surface area contributed by atoms with Crippen LogP contribution in [0.4, 0.5) is 0 Å². The van der Waals surface area contributed by atoms with Gasteiger partial charge < -0.3 is 9.84 Å². The lowest BCUT2D eigenvalue weighted by Crippen LogP contribution is -2.33. The number of hydrogen-bond donors (Lipinski definition) is 2. The first-order valence-electron chi connectivity index (χ1n) is 6.59. The number of halogens is 1. The third kappa shape index (κ3) is 4.60. The van der Waals surface area contributed by atoms with Crippen molar-refractivity contribution in [3.05, 3.63) is 58.6 Å². The third-order valence-corrected chi connectivity index (χ3v) is 3.34. The molecule has 114 valence electrons. The lowest BCUT2D eigenvalue weighted by atomic mass is 10.2. The fraction of sp³-hybridized carbons (Fsp3) is 0.125. The van der Waals surface area contributed by atoms with Gasteiger partial charge in [-0.15, -0.1) is 0 Å². The number of phenolic OH excluding ortho intramolecular Hbond substituents is 1. The Balaban J connectivity index is 1.89. The Bertz CT molecular complexity index is 671. The number of hydrogen-bond acceptors (Lipinski definition) is 4. The van der Waals surface area contributed by atoms with Crippen LogP contribution in [0.3, 0.4) is 0 Å². The van der Waals surface area contributed by atoms with Gasteiger partial charge in [0.25, 0.3) is 5.91 Å². The van der Waals surface area contributed by atoms with Gasteiger partial charge in [0.2, 0.25) is 0 Å². The van der Waals surface area contributed by atoms with Gasteiger partial charge >= 0.3 is 0 Å². The van der Waals surface area contributed by atoms with E-state index in [0.717, 1.165) is 4.47 Å². The number of hydrazone groups is 1. The normalized spacial score (nSPS) is 12.1. The number of amides is 1. The first kappa shape index (κ1) is 16.0. The molecule has 0 saturated carbocycles. The summed E-state index contributed by atoms with van der Waals surface area (Å²) in [5, 5.41) is 13.4. The molecule has 0 radical (unpaired) electrons. The summed E-state index contributed by atoms with van der Waals surface area (Å²) in [4.78, 5) is 11.9. The van der Waals surface area contributed by atoms with Crippen LogP contribution in [0.2, 0.25) is 0 Å². The van der Waals surface area contributed by atoms with Crippen LogP contribution in [-0.2, 0) is 4.79 Å². The number of aromatic hydroxyl groups is 1. The maximum Gasteiger partial charge on any atom is 0.280 e. The summed E-state index contributed by atoms with van der Waals surface area (Å²) in [6.45, 7) is 1.63. The molecule has 1 amide bonds. The summed E-state index contributed by atoms with van der Waals surface area (Å²) in [6.07, 6.45) is 0.683. The number of carbonyl (C=O) groups excluding carboxylic acids is 1. The van der Waals surface area contributed by atoms with Crippen LogP contribution >= 0.6 is 15.9 Å². The van der Waals surface area contributed by atoms with Crippen LogP contribution in [0.5, 0.6) is 11.5 Å². The number of ether oxygens (including phenoxy) is 1. The molecule has 0 spiro atoms. The van der Waals surface area contributed by atoms with E-state index < -0.39 is 6.10 Å². The quantitative estimate of drug-likeness (QED) is 0.634. The van der Waals surface area contributed by atoms with Crippen molar-refractivity contribution in [2.24, 2.45) is 5.10 Å². The Kier molecular flexibility index (Phi) is 5.55. The van der Waals surface area contributed by atoms with Gasteiger partial charge in [-0.1, -0.05) is 28.1 Å². The number of nitrogens with one attached hydrogen (secondary N) is 1. The zero-order chi connectivity index (χ0) is 15.9.